The van der Waals surface area contributed by atoms with Crippen LogP contribution in [0.2, 0.25) is 0 Å². The smallest absolute Gasteiger partial charge is 0.191 e. The van der Waals surface area contributed by atoms with Crippen molar-refractivity contribution in [2.75, 3.05) is 13.1 Å². The van der Waals surface area contributed by atoms with Gasteiger partial charge in [0.15, 0.2) is 5.96 Å². The van der Waals surface area contributed by atoms with E-state index in [0.29, 0.717) is 11.8 Å². The molecule has 1 aromatic carbocycles. The molecule has 18 heavy (non-hydrogen) atoms. The summed E-state index contributed by atoms with van der Waals surface area (Å²) in [4.78, 5) is 4.35. The van der Waals surface area contributed by atoms with E-state index in [4.69, 9.17) is 0 Å². The molecular formula is C14H21N3O. The van der Waals surface area contributed by atoms with Gasteiger partial charge in [-0.2, -0.15) is 0 Å². The number of aliphatic imine (C=N–C) groups is 1. The minimum Gasteiger partial charge on any atom is -0.507 e. The Kier molecular flexibility index (Phi) is 3.75. The molecule has 2 rings (SSSR count). The maximum atomic E-state index is 9.71. The molecule has 1 aliphatic heterocycles. The summed E-state index contributed by atoms with van der Waals surface area (Å²) in [5, 5.41) is 16.3. The Labute approximate surface area is 108 Å². The molecule has 0 bridgehead atoms. The molecule has 0 saturated carbocycles. The standard InChI is InChI=1S/C14H21N3O/c1-9-6-12(7-10(2)13(9)18)4-5-15-14-16-8-11(3)17-14/h6-7,11,18H,4-5,8H2,1-3H3,(H2,15,16,17). The second kappa shape index (κ2) is 5.29. The second-order valence-corrected chi connectivity index (χ2v) is 4.99. The number of rotatable bonds is 3. The second-order valence-electron chi connectivity index (χ2n) is 4.99. The van der Waals surface area contributed by atoms with Crippen LogP contribution in [0.5, 0.6) is 5.75 Å². The number of phenols is 1. The fourth-order valence-corrected chi connectivity index (χ4v) is 2.17. The lowest BCUT2D eigenvalue weighted by molar-refractivity contribution is 0.466. The van der Waals surface area contributed by atoms with E-state index < -0.39 is 0 Å². The van der Waals surface area contributed by atoms with Gasteiger partial charge in [0.25, 0.3) is 0 Å². The van der Waals surface area contributed by atoms with Crippen LogP contribution in [0, 0.1) is 13.8 Å². The minimum atomic E-state index is 0.405. The SMILES string of the molecule is Cc1cc(CCNC2=NCC(C)N2)cc(C)c1O. The van der Waals surface area contributed by atoms with Crippen molar-refractivity contribution in [1.29, 1.82) is 0 Å². The zero-order valence-corrected chi connectivity index (χ0v) is 11.2. The molecule has 0 aliphatic carbocycles. The third kappa shape index (κ3) is 2.94. The molecule has 1 heterocycles. The summed E-state index contributed by atoms with van der Waals surface area (Å²) in [6.07, 6.45) is 0.928. The number of hydrogen-bond donors (Lipinski definition) is 3. The molecule has 3 N–H and O–H groups in total. The van der Waals surface area contributed by atoms with Crippen molar-refractivity contribution in [3.63, 3.8) is 0 Å². The first-order valence-corrected chi connectivity index (χ1v) is 6.40. The lowest BCUT2D eigenvalue weighted by atomic mass is 10.0. The van der Waals surface area contributed by atoms with Crippen molar-refractivity contribution < 1.29 is 5.11 Å². The predicted molar refractivity (Wildman–Crippen MR) is 74.2 cm³/mol. The number of hydrogen-bond acceptors (Lipinski definition) is 4. The average Bonchev–Trinajstić information content (AvgIpc) is 2.72. The van der Waals surface area contributed by atoms with Gasteiger partial charge in [-0.05, 0) is 43.9 Å². The molecule has 4 heteroatoms. The van der Waals surface area contributed by atoms with Crippen molar-refractivity contribution in [2.45, 2.75) is 33.2 Å². The first kappa shape index (κ1) is 12.7. The minimum absolute atomic E-state index is 0.405. The van der Waals surface area contributed by atoms with Crippen LogP contribution in [0.15, 0.2) is 17.1 Å². The van der Waals surface area contributed by atoms with Crippen LogP contribution < -0.4 is 10.6 Å². The van der Waals surface area contributed by atoms with E-state index in [-0.39, 0.29) is 0 Å². The van der Waals surface area contributed by atoms with Crippen LogP contribution >= 0.6 is 0 Å². The molecule has 1 unspecified atom stereocenters. The molecule has 0 aromatic heterocycles. The van der Waals surface area contributed by atoms with E-state index in [1.165, 1.54) is 5.56 Å². The number of aryl methyl sites for hydroxylation is 2. The molecule has 0 fully saturated rings. The van der Waals surface area contributed by atoms with Crippen LogP contribution in [0.1, 0.15) is 23.6 Å². The summed E-state index contributed by atoms with van der Waals surface area (Å²) >= 11 is 0. The Hall–Kier alpha value is -1.71. The van der Waals surface area contributed by atoms with E-state index in [1.54, 1.807) is 0 Å². The van der Waals surface area contributed by atoms with Crippen LogP contribution in [-0.2, 0) is 6.42 Å². The van der Waals surface area contributed by atoms with E-state index >= 15 is 0 Å². The Bertz CT molecular complexity index is 445. The Morgan fingerprint density at radius 1 is 1.39 bits per heavy atom. The summed E-state index contributed by atoms with van der Waals surface area (Å²) in [6, 6.07) is 4.51. The number of aromatic hydroxyl groups is 1. The number of nitrogens with zero attached hydrogens (tertiary/aromatic N) is 1. The maximum Gasteiger partial charge on any atom is 0.191 e. The third-order valence-electron chi connectivity index (χ3n) is 3.16. The quantitative estimate of drug-likeness (QED) is 0.758. The highest BCUT2D eigenvalue weighted by Gasteiger charge is 2.11. The highest BCUT2D eigenvalue weighted by Crippen LogP contribution is 2.22. The van der Waals surface area contributed by atoms with Crippen molar-refractivity contribution >= 4 is 5.96 Å². The van der Waals surface area contributed by atoms with Crippen molar-refractivity contribution in [3.8, 4) is 5.75 Å². The predicted octanol–water partition coefficient (Wildman–Crippen LogP) is 1.49. The first-order valence-electron chi connectivity index (χ1n) is 6.40. The van der Waals surface area contributed by atoms with Crippen LogP contribution in [0.25, 0.3) is 0 Å². The van der Waals surface area contributed by atoms with Gasteiger partial charge in [0.2, 0.25) is 0 Å². The normalized spacial score (nSPS) is 18.4. The fourth-order valence-electron chi connectivity index (χ4n) is 2.17. The Morgan fingerprint density at radius 2 is 2.06 bits per heavy atom. The molecule has 98 valence electrons. The molecule has 1 atom stereocenters. The lowest BCUT2D eigenvalue weighted by Gasteiger charge is -2.10. The summed E-state index contributed by atoms with van der Waals surface area (Å²) in [6.45, 7) is 7.68. The molecule has 1 aliphatic rings. The third-order valence-corrected chi connectivity index (χ3v) is 3.16. The maximum absolute atomic E-state index is 9.71. The van der Waals surface area contributed by atoms with E-state index in [9.17, 15) is 5.11 Å². The monoisotopic (exact) mass is 247 g/mol. The van der Waals surface area contributed by atoms with Gasteiger partial charge < -0.3 is 15.7 Å². The van der Waals surface area contributed by atoms with E-state index in [2.05, 4.69) is 22.5 Å². The molecule has 4 nitrogen and oxygen atoms in total. The summed E-state index contributed by atoms with van der Waals surface area (Å²) < 4.78 is 0. The summed E-state index contributed by atoms with van der Waals surface area (Å²) in [5.41, 5.74) is 3.12. The number of guanidine groups is 1. The Morgan fingerprint density at radius 3 is 2.61 bits per heavy atom. The number of phenolic OH excluding ortho intramolecular Hbond substituents is 1. The van der Waals surface area contributed by atoms with Gasteiger partial charge in [-0.1, -0.05) is 12.1 Å². The topological polar surface area (TPSA) is 56.7 Å². The van der Waals surface area contributed by atoms with Gasteiger partial charge in [0.05, 0.1) is 6.54 Å². The van der Waals surface area contributed by atoms with Crippen LogP contribution in [-0.4, -0.2) is 30.2 Å². The Balaban J connectivity index is 1.87. The molecule has 0 saturated heterocycles. The lowest BCUT2D eigenvalue weighted by Crippen LogP contribution is -2.38. The van der Waals surface area contributed by atoms with Gasteiger partial charge in [-0.25, -0.2) is 0 Å². The summed E-state index contributed by atoms with van der Waals surface area (Å²) in [7, 11) is 0. The van der Waals surface area contributed by atoms with Gasteiger partial charge in [0.1, 0.15) is 5.75 Å². The van der Waals surface area contributed by atoms with E-state index in [1.807, 2.05) is 26.0 Å². The summed E-state index contributed by atoms with van der Waals surface area (Å²) in [5.74, 6) is 1.30. The molecule has 0 amide bonds. The number of nitrogens with one attached hydrogen (secondary N) is 2. The van der Waals surface area contributed by atoms with Crippen molar-refractivity contribution in [1.82, 2.24) is 10.6 Å². The largest absolute Gasteiger partial charge is 0.507 e. The number of benzene rings is 1. The zero-order valence-electron chi connectivity index (χ0n) is 11.2. The highest BCUT2D eigenvalue weighted by atomic mass is 16.3. The van der Waals surface area contributed by atoms with Crippen molar-refractivity contribution in [3.05, 3.63) is 28.8 Å². The highest BCUT2D eigenvalue weighted by molar-refractivity contribution is 5.81. The van der Waals surface area contributed by atoms with Crippen LogP contribution in [0.3, 0.4) is 0 Å². The first-order chi connectivity index (χ1) is 8.56. The van der Waals surface area contributed by atoms with Gasteiger partial charge >= 0.3 is 0 Å². The molecule has 0 spiro atoms. The molecular weight excluding hydrogens is 226 g/mol. The van der Waals surface area contributed by atoms with Gasteiger partial charge in [0, 0.05) is 12.6 Å². The molecule has 1 aromatic rings. The van der Waals surface area contributed by atoms with Gasteiger partial charge in [-0.15, -0.1) is 0 Å². The van der Waals surface area contributed by atoms with Crippen LogP contribution in [0.4, 0.5) is 0 Å². The van der Waals surface area contributed by atoms with Gasteiger partial charge in [-0.3, -0.25) is 4.99 Å². The fraction of sp³-hybridized carbons (Fsp3) is 0.500. The van der Waals surface area contributed by atoms with Crippen molar-refractivity contribution in [2.24, 2.45) is 4.99 Å². The average molecular weight is 247 g/mol. The van der Waals surface area contributed by atoms with E-state index in [0.717, 1.165) is 36.6 Å². The molecule has 0 radical (unpaired) electrons. The zero-order chi connectivity index (χ0) is 13.1.